The van der Waals surface area contributed by atoms with E-state index < -0.39 is 17.0 Å². The van der Waals surface area contributed by atoms with Crippen LogP contribution in [0.4, 0.5) is 17.1 Å². The number of ether oxygens (including phenoxy) is 1. The van der Waals surface area contributed by atoms with Gasteiger partial charge in [-0.2, -0.15) is 0 Å². The molecular formula is C22H26N4O6. The summed E-state index contributed by atoms with van der Waals surface area (Å²) < 4.78 is 5.35. The van der Waals surface area contributed by atoms with E-state index in [0.29, 0.717) is 26.2 Å². The number of non-ortho nitro benzene ring substituents is 1. The van der Waals surface area contributed by atoms with Gasteiger partial charge in [0.2, 0.25) is 0 Å². The Kier molecular flexibility index (Phi) is 7.61. The van der Waals surface area contributed by atoms with Crippen molar-refractivity contribution < 1.29 is 24.4 Å². The Bertz CT molecular complexity index is 960. The zero-order chi connectivity index (χ0) is 23.1. The van der Waals surface area contributed by atoms with Crippen molar-refractivity contribution in [3.8, 4) is 0 Å². The number of rotatable bonds is 8. The molecule has 0 bridgehead atoms. The molecule has 2 aromatic rings. The fourth-order valence-electron chi connectivity index (χ4n) is 3.51. The van der Waals surface area contributed by atoms with Gasteiger partial charge in [0.1, 0.15) is 0 Å². The Morgan fingerprint density at radius 3 is 2.47 bits per heavy atom. The van der Waals surface area contributed by atoms with Gasteiger partial charge in [0.25, 0.3) is 11.6 Å². The van der Waals surface area contributed by atoms with E-state index in [2.05, 4.69) is 10.2 Å². The third-order valence-corrected chi connectivity index (χ3v) is 5.21. The Morgan fingerprint density at radius 2 is 1.84 bits per heavy atom. The molecule has 0 radical (unpaired) electrons. The second-order valence-electron chi connectivity index (χ2n) is 7.33. The van der Waals surface area contributed by atoms with Crippen LogP contribution in [0, 0.1) is 10.1 Å². The summed E-state index contributed by atoms with van der Waals surface area (Å²) in [6, 6.07) is 13.6. The van der Waals surface area contributed by atoms with Crippen LogP contribution in [-0.4, -0.2) is 72.2 Å². The Hall–Kier alpha value is -3.66. The molecule has 1 unspecified atom stereocenters. The van der Waals surface area contributed by atoms with Gasteiger partial charge in [0, 0.05) is 56.2 Å². The van der Waals surface area contributed by atoms with Crippen molar-refractivity contribution in [1.82, 2.24) is 4.90 Å². The number of amides is 1. The van der Waals surface area contributed by atoms with Crippen molar-refractivity contribution >= 4 is 28.9 Å². The second kappa shape index (κ2) is 10.6. The number of aliphatic hydroxyl groups excluding tert-OH is 1. The highest BCUT2D eigenvalue weighted by Crippen LogP contribution is 2.24. The summed E-state index contributed by atoms with van der Waals surface area (Å²) in [5.74, 6) is -1.17. The lowest BCUT2D eigenvalue weighted by atomic mass is 10.1. The summed E-state index contributed by atoms with van der Waals surface area (Å²) in [4.78, 5) is 39.8. The van der Waals surface area contributed by atoms with Crippen LogP contribution in [0.5, 0.6) is 0 Å². The van der Waals surface area contributed by atoms with Crippen LogP contribution in [0.15, 0.2) is 48.5 Å². The minimum absolute atomic E-state index is 0.0683. The molecule has 1 saturated heterocycles. The van der Waals surface area contributed by atoms with E-state index >= 15 is 0 Å². The lowest BCUT2D eigenvalue weighted by Gasteiger charge is -2.37. The van der Waals surface area contributed by atoms with E-state index in [1.54, 1.807) is 4.90 Å². The average Bonchev–Trinajstić information content (AvgIpc) is 2.82. The SMILES string of the molecule is CC(OC(=O)c1cc([N+](=O)[O-])ccc1NCCO)C(=O)N1CCN(c2ccccc2)CC1. The Balaban J connectivity index is 1.63. The maximum absolute atomic E-state index is 12.8. The zero-order valence-corrected chi connectivity index (χ0v) is 17.8. The summed E-state index contributed by atoms with van der Waals surface area (Å²) in [5.41, 5.74) is 1.03. The van der Waals surface area contributed by atoms with Gasteiger partial charge in [-0.25, -0.2) is 4.79 Å². The predicted octanol–water partition coefficient (Wildman–Crippen LogP) is 1.89. The molecule has 1 fully saturated rings. The lowest BCUT2D eigenvalue weighted by Crippen LogP contribution is -2.51. The number of nitro benzene ring substituents is 1. The molecule has 10 heteroatoms. The fraction of sp³-hybridized carbons (Fsp3) is 0.364. The number of hydrogen-bond donors (Lipinski definition) is 2. The number of piperazine rings is 1. The molecule has 0 spiro atoms. The van der Waals surface area contributed by atoms with Gasteiger partial charge >= 0.3 is 5.97 Å². The first-order chi connectivity index (χ1) is 15.4. The molecule has 0 aromatic heterocycles. The highest BCUT2D eigenvalue weighted by molar-refractivity contribution is 5.98. The van der Waals surface area contributed by atoms with Gasteiger partial charge in [-0.15, -0.1) is 0 Å². The summed E-state index contributed by atoms with van der Waals surface area (Å²) in [7, 11) is 0. The average molecular weight is 442 g/mol. The van der Waals surface area contributed by atoms with Gasteiger partial charge in [0.05, 0.1) is 17.1 Å². The van der Waals surface area contributed by atoms with Crippen molar-refractivity contribution in [2.45, 2.75) is 13.0 Å². The predicted molar refractivity (Wildman–Crippen MR) is 119 cm³/mol. The van der Waals surface area contributed by atoms with Crippen LogP contribution in [0.25, 0.3) is 0 Å². The van der Waals surface area contributed by atoms with E-state index in [4.69, 9.17) is 9.84 Å². The fourth-order valence-corrected chi connectivity index (χ4v) is 3.51. The second-order valence-corrected chi connectivity index (χ2v) is 7.33. The summed E-state index contributed by atoms with van der Waals surface area (Å²) >= 11 is 0. The molecule has 1 amide bonds. The molecule has 1 atom stereocenters. The normalized spacial score (nSPS) is 14.6. The Labute approximate surface area is 185 Å². The summed E-state index contributed by atoms with van der Waals surface area (Å²) in [6.45, 7) is 3.77. The van der Waals surface area contributed by atoms with Crippen LogP contribution in [0.3, 0.4) is 0 Å². The highest BCUT2D eigenvalue weighted by Gasteiger charge is 2.28. The van der Waals surface area contributed by atoms with Crippen LogP contribution >= 0.6 is 0 Å². The van der Waals surface area contributed by atoms with Crippen LogP contribution in [0.1, 0.15) is 17.3 Å². The molecular weight excluding hydrogens is 416 g/mol. The number of nitro groups is 1. The molecule has 1 aliphatic rings. The molecule has 170 valence electrons. The first kappa shape index (κ1) is 23.0. The highest BCUT2D eigenvalue weighted by atomic mass is 16.6. The quantitative estimate of drug-likeness (QED) is 0.361. The standard InChI is InChI=1S/C22H26N4O6/c1-16(21(28)25-12-10-24(11-13-25)17-5-3-2-4-6-17)32-22(29)19-15-18(26(30)31)7-8-20(19)23-9-14-27/h2-8,15-16,23,27H,9-14H2,1H3. The largest absolute Gasteiger partial charge is 0.449 e. The molecule has 1 heterocycles. The molecule has 2 aromatic carbocycles. The van der Waals surface area contributed by atoms with Gasteiger partial charge in [-0.3, -0.25) is 14.9 Å². The molecule has 10 nitrogen and oxygen atoms in total. The number of esters is 1. The van der Waals surface area contributed by atoms with Crippen molar-refractivity contribution in [2.24, 2.45) is 0 Å². The molecule has 2 N–H and O–H groups in total. The summed E-state index contributed by atoms with van der Waals surface area (Å²) in [6.07, 6.45) is -1.05. The third-order valence-electron chi connectivity index (χ3n) is 5.21. The van der Waals surface area contributed by atoms with E-state index in [9.17, 15) is 19.7 Å². The first-order valence-electron chi connectivity index (χ1n) is 10.3. The van der Waals surface area contributed by atoms with E-state index in [1.807, 2.05) is 30.3 Å². The molecule has 1 aliphatic heterocycles. The van der Waals surface area contributed by atoms with Gasteiger partial charge in [0.15, 0.2) is 6.10 Å². The maximum Gasteiger partial charge on any atom is 0.341 e. The van der Waals surface area contributed by atoms with Crippen molar-refractivity contribution in [3.63, 3.8) is 0 Å². The van der Waals surface area contributed by atoms with Crippen molar-refractivity contribution in [2.75, 3.05) is 49.5 Å². The summed E-state index contributed by atoms with van der Waals surface area (Å²) in [5, 5.41) is 22.9. The number of aliphatic hydroxyl groups is 1. The molecule has 32 heavy (non-hydrogen) atoms. The van der Waals surface area contributed by atoms with Crippen LogP contribution in [-0.2, 0) is 9.53 Å². The number of carbonyl (C=O) groups is 2. The number of carbonyl (C=O) groups excluding carboxylic acids is 2. The lowest BCUT2D eigenvalue weighted by molar-refractivity contribution is -0.384. The minimum atomic E-state index is -1.05. The third kappa shape index (κ3) is 5.52. The smallest absolute Gasteiger partial charge is 0.341 e. The van der Waals surface area contributed by atoms with Gasteiger partial charge < -0.3 is 25.0 Å². The van der Waals surface area contributed by atoms with E-state index in [-0.39, 0.29) is 36.0 Å². The van der Waals surface area contributed by atoms with Crippen molar-refractivity contribution in [3.05, 3.63) is 64.2 Å². The molecule has 3 rings (SSSR count). The van der Waals surface area contributed by atoms with E-state index in [0.717, 1.165) is 11.8 Å². The molecule has 0 aliphatic carbocycles. The minimum Gasteiger partial charge on any atom is -0.449 e. The maximum atomic E-state index is 12.8. The number of benzene rings is 2. The van der Waals surface area contributed by atoms with Crippen molar-refractivity contribution in [1.29, 1.82) is 0 Å². The van der Waals surface area contributed by atoms with Gasteiger partial charge in [-0.05, 0) is 25.1 Å². The number of hydrogen-bond acceptors (Lipinski definition) is 8. The van der Waals surface area contributed by atoms with E-state index in [1.165, 1.54) is 19.1 Å². The number of nitrogens with zero attached hydrogens (tertiary/aromatic N) is 3. The van der Waals surface area contributed by atoms with Crippen LogP contribution in [0.2, 0.25) is 0 Å². The topological polar surface area (TPSA) is 125 Å². The number of para-hydroxylation sites is 1. The number of anilines is 2. The monoisotopic (exact) mass is 442 g/mol. The Morgan fingerprint density at radius 1 is 1.16 bits per heavy atom. The molecule has 0 saturated carbocycles. The first-order valence-corrected chi connectivity index (χ1v) is 10.3. The van der Waals surface area contributed by atoms with Gasteiger partial charge in [-0.1, -0.05) is 18.2 Å². The van der Waals surface area contributed by atoms with Crippen LogP contribution < -0.4 is 10.2 Å². The zero-order valence-electron chi connectivity index (χ0n) is 17.8. The number of nitrogens with one attached hydrogen (secondary N) is 1.